The highest BCUT2D eigenvalue weighted by Gasteiger charge is 2.20. The van der Waals surface area contributed by atoms with Crippen LogP contribution >= 0.6 is 0 Å². The van der Waals surface area contributed by atoms with Crippen molar-refractivity contribution in [1.82, 2.24) is 5.32 Å². The molecule has 0 spiro atoms. The number of carbonyl (C=O) groups excluding carboxylic acids is 1. The first-order valence-electron chi connectivity index (χ1n) is 23.8. The fourth-order valence-corrected chi connectivity index (χ4v) is 6.81. The lowest BCUT2D eigenvalue weighted by Gasteiger charge is -2.22. The first-order chi connectivity index (χ1) is 27.7. The van der Waals surface area contributed by atoms with Crippen LogP contribution in [-0.2, 0) is 4.79 Å². The summed E-state index contributed by atoms with van der Waals surface area (Å²) < 4.78 is 0. The molecular formula is C52H91NO3. The number of hydrogen-bond donors (Lipinski definition) is 3. The van der Waals surface area contributed by atoms with E-state index in [1.807, 2.05) is 0 Å². The predicted octanol–water partition coefficient (Wildman–Crippen LogP) is 15.2. The van der Waals surface area contributed by atoms with E-state index in [1.54, 1.807) is 0 Å². The van der Waals surface area contributed by atoms with Gasteiger partial charge >= 0.3 is 0 Å². The average Bonchev–Trinajstić information content (AvgIpc) is 3.20. The summed E-state index contributed by atoms with van der Waals surface area (Å²) in [5, 5.41) is 23.1. The van der Waals surface area contributed by atoms with E-state index in [9.17, 15) is 15.0 Å². The molecule has 4 nitrogen and oxygen atoms in total. The molecule has 2 atom stereocenters. The Bertz CT molecular complexity index is 1020. The number of aliphatic hydroxyl groups excluding tert-OH is 2. The molecule has 2 unspecified atom stereocenters. The van der Waals surface area contributed by atoms with Crippen LogP contribution in [0.15, 0.2) is 85.1 Å². The summed E-state index contributed by atoms with van der Waals surface area (Å²) in [4.78, 5) is 12.4. The minimum Gasteiger partial charge on any atom is -0.394 e. The highest BCUT2D eigenvalue weighted by atomic mass is 16.3. The molecule has 0 aromatic carbocycles. The molecule has 0 aromatic rings. The Kier molecular flexibility index (Phi) is 44.9. The maximum atomic E-state index is 12.4. The second-order valence-corrected chi connectivity index (χ2v) is 15.8. The molecule has 0 bridgehead atoms. The van der Waals surface area contributed by atoms with Crippen molar-refractivity contribution in [2.75, 3.05) is 6.61 Å². The molecular weight excluding hydrogens is 687 g/mol. The Hall–Kier alpha value is -2.43. The first kappa shape index (κ1) is 53.6. The molecule has 0 fully saturated rings. The van der Waals surface area contributed by atoms with E-state index >= 15 is 0 Å². The zero-order valence-corrected chi connectivity index (χ0v) is 36.9. The molecule has 0 aliphatic carbocycles. The van der Waals surface area contributed by atoms with Crippen LogP contribution in [0.1, 0.15) is 219 Å². The number of amides is 1. The summed E-state index contributed by atoms with van der Waals surface area (Å²) >= 11 is 0. The van der Waals surface area contributed by atoms with Gasteiger partial charge in [-0.1, -0.05) is 227 Å². The minimum atomic E-state index is -0.661. The minimum absolute atomic E-state index is 0.0384. The second kappa shape index (κ2) is 46.9. The van der Waals surface area contributed by atoms with Crippen molar-refractivity contribution in [1.29, 1.82) is 0 Å². The number of nitrogens with one attached hydrogen (secondary N) is 1. The fraction of sp³-hybridized carbons (Fsp3) is 0.712. The third kappa shape index (κ3) is 42.7. The Labute approximate surface area is 348 Å². The highest BCUT2D eigenvalue weighted by Crippen LogP contribution is 2.15. The molecule has 0 aliphatic heterocycles. The van der Waals surface area contributed by atoms with E-state index in [0.717, 1.165) is 70.6 Å². The number of carbonyl (C=O) groups is 1. The van der Waals surface area contributed by atoms with Crippen molar-refractivity contribution < 1.29 is 15.0 Å². The van der Waals surface area contributed by atoms with Crippen LogP contribution in [0.2, 0.25) is 0 Å². The topological polar surface area (TPSA) is 69.6 Å². The second-order valence-electron chi connectivity index (χ2n) is 15.8. The Balaban J connectivity index is 3.51. The molecule has 1 amide bonds. The lowest BCUT2D eigenvalue weighted by atomic mass is 10.0. The van der Waals surface area contributed by atoms with Crippen LogP contribution in [0.3, 0.4) is 0 Å². The van der Waals surface area contributed by atoms with Crippen molar-refractivity contribution in [2.45, 2.75) is 231 Å². The standard InChI is InChI=1S/C52H91NO3/c1-3-5-7-9-11-13-14-15-16-17-18-19-20-21-22-23-24-25-26-27-28-29-30-31-32-33-34-35-36-37-38-40-42-44-46-48-52(56)53-50(49-54)51(55)47-45-43-41-39-12-10-8-6-4-2/h5,7,11,13,15-16,18-19,21-22,24-25,27-28,50-51,54-55H,3-4,6,8-10,12,14,17,20,23,26,29-49H2,1-2H3,(H,53,56)/b7-5-,13-11-,16-15-,19-18-,22-21-,25-24-,28-27-. The highest BCUT2D eigenvalue weighted by molar-refractivity contribution is 5.76. The van der Waals surface area contributed by atoms with E-state index in [0.29, 0.717) is 12.8 Å². The van der Waals surface area contributed by atoms with E-state index in [-0.39, 0.29) is 12.5 Å². The summed E-state index contributed by atoms with van der Waals surface area (Å²) in [5.74, 6) is -0.0384. The smallest absolute Gasteiger partial charge is 0.220 e. The fourth-order valence-electron chi connectivity index (χ4n) is 6.81. The van der Waals surface area contributed by atoms with Gasteiger partial charge in [0.1, 0.15) is 0 Å². The Morgan fingerprint density at radius 1 is 0.446 bits per heavy atom. The van der Waals surface area contributed by atoms with Crippen molar-refractivity contribution in [3.63, 3.8) is 0 Å². The van der Waals surface area contributed by atoms with Crippen LogP contribution in [0.25, 0.3) is 0 Å². The summed E-state index contributed by atoms with van der Waals surface area (Å²) in [7, 11) is 0. The van der Waals surface area contributed by atoms with Crippen molar-refractivity contribution >= 4 is 5.91 Å². The molecule has 56 heavy (non-hydrogen) atoms. The van der Waals surface area contributed by atoms with Gasteiger partial charge in [0.15, 0.2) is 0 Å². The molecule has 0 aliphatic rings. The molecule has 0 saturated carbocycles. The van der Waals surface area contributed by atoms with Gasteiger partial charge in [0.05, 0.1) is 18.8 Å². The summed E-state index contributed by atoms with van der Waals surface area (Å²) in [5.41, 5.74) is 0. The molecule has 0 rings (SSSR count). The zero-order valence-electron chi connectivity index (χ0n) is 36.9. The van der Waals surface area contributed by atoms with Crippen LogP contribution in [0.5, 0.6) is 0 Å². The van der Waals surface area contributed by atoms with Gasteiger partial charge in [0, 0.05) is 6.42 Å². The lowest BCUT2D eigenvalue weighted by Crippen LogP contribution is -2.45. The molecule has 0 aromatic heterocycles. The Morgan fingerprint density at radius 2 is 0.786 bits per heavy atom. The SMILES string of the molecule is CC/C=C\C/C=C\C/C=C\C/C=C\C/C=C\C/C=C\C/C=C\CCCCCCCCCCCCCCCC(=O)NC(CO)C(O)CCCCCCCCCCC. The number of unbranched alkanes of at least 4 members (excludes halogenated alkanes) is 21. The van der Waals surface area contributed by atoms with Gasteiger partial charge in [-0.15, -0.1) is 0 Å². The van der Waals surface area contributed by atoms with Crippen molar-refractivity contribution in [3.8, 4) is 0 Å². The maximum Gasteiger partial charge on any atom is 0.220 e. The first-order valence-corrected chi connectivity index (χ1v) is 23.8. The predicted molar refractivity (Wildman–Crippen MR) is 248 cm³/mol. The van der Waals surface area contributed by atoms with Gasteiger partial charge in [-0.25, -0.2) is 0 Å². The molecule has 0 heterocycles. The van der Waals surface area contributed by atoms with Crippen LogP contribution in [0.4, 0.5) is 0 Å². The van der Waals surface area contributed by atoms with Crippen molar-refractivity contribution in [3.05, 3.63) is 85.1 Å². The maximum absolute atomic E-state index is 12.4. The number of rotatable bonds is 42. The van der Waals surface area contributed by atoms with E-state index in [2.05, 4.69) is 104 Å². The third-order valence-electron chi connectivity index (χ3n) is 10.4. The lowest BCUT2D eigenvalue weighted by molar-refractivity contribution is -0.123. The van der Waals surface area contributed by atoms with Gasteiger partial charge in [0.2, 0.25) is 5.91 Å². The summed E-state index contributed by atoms with van der Waals surface area (Å²) in [6, 6.07) is -0.538. The van der Waals surface area contributed by atoms with Gasteiger partial charge in [-0.05, 0) is 70.6 Å². The van der Waals surface area contributed by atoms with Crippen LogP contribution in [0, 0.1) is 0 Å². The average molecular weight is 778 g/mol. The van der Waals surface area contributed by atoms with Gasteiger partial charge < -0.3 is 15.5 Å². The van der Waals surface area contributed by atoms with Gasteiger partial charge in [0.25, 0.3) is 0 Å². The van der Waals surface area contributed by atoms with Crippen LogP contribution in [-0.4, -0.2) is 34.9 Å². The van der Waals surface area contributed by atoms with Crippen molar-refractivity contribution in [2.24, 2.45) is 0 Å². The van der Waals surface area contributed by atoms with Crippen LogP contribution < -0.4 is 5.32 Å². The monoisotopic (exact) mass is 778 g/mol. The molecule has 0 saturated heterocycles. The zero-order chi connectivity index (χ0) is 40.7. The quantitative estimate of drug-likeness (QED) is 0.0427. The Morgan fingerprint density at radius 3 is 1.18 bits per heavy atom. The van der Waals surface area contributed by atoms with E-state index in [1.165, 1.54) is 122 Å². The largest absolute Gasteiger partial charge is 0.394 e. The number of allylic oxidation sites excluding steroid dienone is 14. The third-order valence-corrected chi connectivity index (χ3v) is 10.4. The van der Waals surface area contributed by atoms with Gasteiger partial charge in [-0.2, -0.15) is 0 Å². The number of aliphatic hydroxyl groups is 2. The number of hydrogen-bond acceptors (Lipinski definition) is 3. The van der Waals surface area contributed by atoms with E-state index in [4.69, 9.17) is 0 Å². The van der Waals surface area contributed by atoms with E-state index < -0.39 is 12.1 Å². The molecule has 3 N–H and O–H groups in total. The molecule has 0 radical (unpaired) electrons. The normalized spacial score (nSPS) is 13.7. The molecule has 322 valence electrons. The summed E-state index contributed by atoms with van der Waals surface area (Å²) in [6.45, 7) is 4.21. The molecule has 4 heteroatoms. The van der Waals surface area contributed by atoms with Gasteiger partial charge in [-0.3, -0.25) is 4.79 Å². The summed E-state index contributed by atoms with van der Waals surface area (Å²) in [6.07, 6.45) is 68.3.